The molecule has 3 heterocycles. The van der Waals surface area contributed by atoms with Gasteiger partial charge in [0.15, 0.2) is 16.7 Å². The Morgan fingerprint density at radius 2 is 2.15 bits per heavy atom. The van der Waals surface area contributed by atoms with E-state index in [-0.39, 0.29) is 33.8 Å². The van der Waals surface area contributed by atoms with E-state index in [1.54, 1.807) is 4.57 Å². The van der Waals surface area contributed by atoms with Crippen molar-refractivity contribution in [2.45, 2.75) is 39.8 Å². The summed E-state index contributed by atoms with van der Waals surface area (Å²) in [4.78, 5) is 20.2. The molecule has 26 heavy (non-hydrogen) atoms. The van der Waals surface area contributed by atoms with Gasteiger partial charge in [-0.05, 0) is 38.0 Å². The number of rotatable bonds is 3. The molecular formula is C15H17ClN6O4. The fraction of sp³-hybridized carbons (Fsp3) is 0.400. The first-order valence-electron chi connectivity index (χ1n) is 7.78. The second-order valence-corrected chi connectivity index (χ2v) is 6.85. The molecule has 10 nitrogen and oxygen atoms in total. The van der Waals surface area contributed by atoms with Crippen LogP contribution in [0.15, 0.2) is 10.8 Å². The Morgan fingerprint density at radius 3 is 2.81 bits per heavy atom. The number of ether oxygens (including phenoxy) is 1. The Labute approximate surface area is 153 Å². The lowest BCUT2D eigenvalue weighted by molar-refractivity contribution is 0.185. The Balaban J connectivity index is 2.06. The van der Waals surface area contributed by atoms with Crippen molar-refractivity contribution in [3.05, 3.63) is 11.3 Å². The molecule has 0 aliphatic carbocycles. The second-order valence-electron chi connectivity index (χ2n) is 6.49. The number of hydrogen-bond donors (Lipinski definition) is 2. The minimum absolute atomic E-state index is 0.0885. The molecule has 3 aromatic rings. The molecule has 0 unspecified atom stereocenters. The maximum Gasteiger partial charge on any atom is 0.414 e. The average molecular weight is 381 g/mol. The van der Waals surface area contributed by atoms with E-state index < -0.39 is 11.6 Å². The fourth-order valence-corrected chi connectivity index (χ4v) is 2.57. The molecule has 0 saturated carbocycles. The Kier molecular flexibility index (Phi) is 4.45. The molecule has 0 saturated heterocycles. The van der Waals surface area contributed by atoms with Gasteiger partial charge in [-0.15, -0.1) is 0 Å². The van der Waals surface area contributed by atoms with Crippen LogP contribution in [0.25, 0.3) is 22.6 Å². The molecule has 3 rings (SSSR count). The van der Waals surface area contributed by atoms with Crippen LogP contribution in [0, 0.1) is 0 Å². The molecule has 0 spiro atoms. The minimum atomic E-state index is -0.712. The van der Waals surface area contributed by atoms with Gasteiger partial charge in [0.05, 0.1) is 6.20 Å². The summed E-state index contributed by atoms with van der Waals surface area (Å²) in [5.41, 5.74) is 0.283. The first kappa shape index (κ1) is 17.9. The molecule has 0 atom stereocenters. The number of halogens is 1. The van der Waals surface area contributed by atoms with Gasteiger partial charge in [0.1, 0.15) is 11.0 Å². The SMILES string of the molecule is CCn1c(-c2nonc2OC(=O)NC(C)(C)C)nc2c(Cl)ncc(O)c21. The van der Waals surface area contributed by atoms with Gasteiger partial charge in [0, 0.05) is 12.1 Å². The number of nitrogens with one attached hydrogen (secondary N) is 1. The van der Waals surface area contributed by atoms with Crippen molar-refractivity contribution in [1.82, 2.24) is 30.2 Å². The van der Waals surface area contributed by atoms with Gasteiger partial charge < -0.3 is 19.7 Å². The highest BCUT2D eigenvalue weighted by atomic mass is 35.5. The van der Waals surface area contributed by atoms with E-state index in [0.717, 1.165) is 0 Å². The third-order valence-electron chi connectivity index (χ3n) is 3.36. The zero-order valence-corrected chi connectivity index (χ0v) is 15.3. The van der Waals surface area contributed by atoms with Crippen molar-refractivity contribution in [3.8, 4) is 23.1 Å². The summed E-state index contributed by atoms with van der Waals surface area (Å²) in [5, 5.41) is 20.3. The Hall–Kier alpha value is -2.88. The topological polar surface area (TPSA) is 128 Å². The summed E-state index contributed by atoms with van der Waals surface area (Å²) in [6.45, 7) is 7.71. The molecule has 138 valence electrons. The summed E-state index contributed by atoms with van der Waals surface area (Å²) in [6, 6.07) is 0. The molecule has 0 radical (unpaired) electrons. The number of nitrogens with zero attached hydrogens (tertiary/aromatic N) is 5. The van der Waals surface area contributed by atoms with Gasteiger partial charge in [0.2, 0.25) is 5.69 Å². The van der Waals surface area contributed by atoms with E-state index in [9.17, 15) is 9.90 Å². The van der Waals surface area contributed by atoms with Crippen molar-refractivity contribution in [2.24, 2.45) is 0 Å². The van der Waals surface area contributed by atoms with E-state index in [2.05, 4.69) is 25.6 Å². The average Bonchev–Trinajstić information content (AvgIpc) is 3.13. The predicted octanol–water partition coefficient (Wildman–Crippen LogP) is 2.75. The molecule has 2 N–H and O–H groups in total. The zero-order valence-electron chi connectivity index (χ0n) is 14.6. The number of imidazole rings is 1. The molecular weight excluding hydrogens is 364 g/mol. The van der Waals surface area contributed by atoms with E-state index in [4.69, 9.17) is 21.0 Å². The second kappa shape index (κ2) is 6.45. The fourth-order valence-electron chi connectivity index (χ4n) is 2.39. The summed E-state index contributed by atoms with van der Waals surface area (Å²) >= 11 is 6.08. The number of hydrogen-bond acceptors (Lipinski definition) is 8. The first-order chi connectivity index (χ1) is 12.2. The van der Waals surface area contributed by atoms with Crippen molar-refractivity contribution in [3.63, 3.8) is 0 Å². The zero-order chi connectivity index (χ0) is 19.1. The van der Waals surface area contributed by atoms with Crippen LogP contribution < -0.4 is 10.1 Å². The smallest absolute Gasteiger partial charge is 0.414 e. The van der Waals surface area contributed by atoms with Crippen LogP contribution in [0.3, 0.4) is 0 Å². The normalized spacial score (nSPS) is 11.7. The number of pyridine rings is 1. The molecule has 0 aliphatic rings. The minimum Gasteiger partial charge on any atom is -0.504 e. The van der Waals surface area contributed by atoms with E-state index in [1.165, 1.54) is 6.20 Å². The van der Waals surface area contributed by atoms with E-state index >= 15 is 0 Å². The molecule has 3 aromatic heterocycles. The summed E-state index contributed by atoms with van der Waals surface area (Å²) < 4.78 is 11.6. The lowest BCUT2D eigenvalue weighted by Gasteiger charge is -2.19. The lowest BCUT2D eigenvalue weighted by Crippen LogP contribution is -2.42. The van der Waals surface area contributed by atoms with Gasteiger partial charge >= 0.3 is 6.09 Å². The monoisotopic (exact) mass is 380 g/mol. The molecule has 0 bridgehead atoms. The predicted molar refractivity (Wildman–Crippen MR) is 92.1 cm³/mol. The first-order valence-corrected chi connectivity index (χ1v) is 8.15. The molecule has 0 aromatic carbocycles. The van der Waals surface area contributed by atoms with Crippen molar-refractivity contribution >= 4 is 28.7 Å². The molecule has 0 fully saturated rings. The van der Waals surface area contributed by atoms with Crippen LogP contribution in [-0.2, 0) is 6.54 Å². The number of fused-ring (bicyclic) bond motifs is 1. The molecule has 0 aliphatic heterocycles. The van der Waals surface area contributed by atoms with Crippen LogP contribution >= 0.6 is 11.6 Å². The molecule has 11 heteroatoms. The van der Waals surface area contributed by atoms with Gasteiger partial charge in [-0.2, -0.15) is 0 Å². The highest BCUT2D eigenvalue weighted by Gasteiger charge is 2.26. The van der Waals surface area contributed by atoms with Gasteiger partial charge in [-0.25, -0.2) is 19.4 Å². The summed E-state index contributed by atoms with van der Waals surface area (Å²) in [5.74, 6) is 0.0298. The number of aromatic hydroxyl groups is 1. The van der Waals surface area contributed by atoms with E-state index in [1.807, 2.05) is 27.7 Å². The van der Waals surface area contributed by atoms with Crippen molar-refractivity contribution in [1.29, 1.82) is 0 Å². The standard InChI is InChI=1S/C15H17ClN6O4/c1-5-22-10-7(23)6-17-11(16)8(10)18-12(22)9-13(21-26-20-9)25-14(24)19-15(2,3)4/h6,23H,5H2,1-4H3,(H,19,24). The largest absolute Gasteiger partial charge is 0.504 e. The van der Waals surface area contributed by atoms with Gasteiger partial charge in [0.25, 0.3) is 5.88 Å². The summed E-state index contributed by atoms with van der Waals surface area (Å²) in [6.07, 6.45) is 0.522. The van der Waals surface area contributed by atoms with Crippen LogP contribution in [0.2, 0.25) is 5.15 Å². The maximum atomic E-state index is 12.0. The van der Waals surface area contributed by atoms with Crippen LogP contribution in [0.1, 0.15) is 27.7 Å². The van der Waals surface area contributed by atoms with Crippen molar-refractivity contribution in [2.75, 3.05) is 0 Å². The number of aromatic nitrogens is 5. The van der Waals surface area contributed by atoms with Crippen LogP contribution in [-0.4, -0.2) is 41.6 Å². The highest BCUT2D eigenvalue weighted by Crippen LogP contribution is 2.35. The Morgan fingerprint density at radius 1 is 1.42 bits per heavy atom. The van der Waals surface area contributed by atoms with E-state index in [0.29, 0.717) is 12.1 Å². The third-order valence-corrected chi connectivity index (χ3v) is 3.64. The van der Waals surface area contributed by atoms with Crippen molar-refractivity contribution < 1.29 is 19.3 Å². The third kappa shape index (κ3) is 3.27. The van der Waals surface area contributed by atoms with Crippen LogP contribution in [0.4, 0.5) is 4.79 Å². The number of carbonyl (C=O) groups excluding carboxylic acids is 1. The lowest BCUT2D eigenvalue weighted by atomic mass is 10.1. The van der Waals surface area contributed by atoms with Crippen LogP contribution in [0.5, 0.6) is 11.6 Å². The maximum absolute atomic E-state index is 12.0. The highest BCUT2D eigenvalue weighted by molar-refractivity contribution is 6.33. The number of amides is 1. The Bertz CT molecular complexity index is 975. The van der Waals surface area contributed by atoms with Gasteiger partial charge in [-0.3, -0.25) is 0 Å². The number of carbonyl (C=O) groups is 1. The summed E-state index contributed by atoms with van der Waals surface area (Å²) in [7, 11) is 0. The quantitative estimate of drug-likeness (QED) is 0.663. The van der Waals surface area contributed by atoms with Gasteiger partial charge in [-0.1, -0.05) is 11.6 Å². The number of aryl methyl sites for hydroxylation is 1. The molecule has 1 amide bonds.